The third-order valence-electron chi connectivity index (χ3n) is 4.81. The van der Waals surface area contributed by atoms with Gasteiger partial charge in [-0.15, -0.1) is 0 Å². The molecule has 0 unspecified atom stereocenters. The van der Waals surface area contributed by atoms with Gasteiger partial charge in [0.15, 0.2) is 0 Å². The number of amides is 1. The fraction of sp³-hybridized carbons (Fsp3) is 0.304. The highest BCUT2D eigenvalue weighted by atomic mass is 19.1. The normalized spacial score (nSPS) is 10.8. The summed E-state index contributed by atoms with van der Waals surface area (Å²) in [5.41, 5.74) is 2.15. The van der Waals surface area contributed by atoms with Crippen molar-refractivity contribution in [3.8, 4) is 5.75 Å². The number of ether oxygens (including phenoxy) is 2. The van der Waals surface area contributed by atoms with Crippen LogP contribution >= 0.6 is 0 Å². The van der Waals surface area contributed by atoms with Gasteiger partial charge in [0.1, 0.15) is 17.4 Å². The summed E-state index contributed by atoms with van der Waals surface area (Å²) in [6.45, 7) is 1.14. The molecule has 0 aliphatic heterocycles. The molecule has 158 valence electrons. The number of halogens is 1. The molecular weight excluding hydrogens is 385 g/mol. The maximum absolute atomic E-state index is 13.3. The van der Waals surface area contributed by atoms with Crippen LogP contribution in [0.3, 0.4) is 0 Å². The lowest BCUT2D eigenvalue weighted by atomic mass is 10.1. The monoisotopic (exact) mass is 411 g/mol. The van der Waals surface area contributed by atoms with E-state index in [-0.39, 0.29) is 11.7 Å². The van der Waals surface area contributed by atoms with E-state index in [0.717, 1.165) is 28.0 Å². The molecule has 30 heavy (non-hydrogen) atoms. The largest absolute Gasteiger partial charge is 0.497 e. The number of anilines is 1. The molecule has 1 aromatic heterocycles. The second kappa shape index (κ2) is 9.54. The maximum atomic E-state index is 13.3. The molecule has 0 saturated carbocycles. The first-order valence-electron chi connectivity index (χ1n) is 9.61. The smallest absolute Gasteiger partial charge is 0.254 e. The number of carbonyl (C=O) groups excluding carboxylic acids is 1. The van der Waals surface area contributed by atoms with Crippen molar-refractivity contribution in [3.05, 3.63) is 65.5 Å². The van der Waals surface area contributed by atoms with E-state index in [1.54, 1.807) is 19.1 Å². The van der Waals surface area contributed by atoms with Gasteiger partial charge in [0.05, 0.1) is 19.2 Å². The Morgan fingerprint density at radius 3 is 2.43 bits per heavy atom. The Morgan fingerprint density at radius 1 is 1.07 bits per heavy atom. The van der Waals surface area contributed by atoms with Crippen LogP contribution in [0.4, 0.5) is 10.2 Å². The molecule has 6 nitrogen and oxygen atoms in total. The number of nitrogens with zero attached hydrogens (tertiary/aromatic N) is 3. The lowest BCUT2D eigenvalue weighted by Crippen LogP contribution is -2.34. The molecule has 0 radical (unpaired) electrons. The quantitative estimate of drug-likeness (QED) is 0.565. The van der Waals surface area contributed by atoms with Crippen molar-refractivity contribution >= 4 is 22.6 Å². The first-order valence-corrected chi connectivity index (χ1v) is 9.61. The van der Waals surface area contributed by atoms with Gasteiger partial charge in [-0.2, -0.15) is 0 Å². The zero-order chi connectivity index (χ0) is 21.7. The predicted octanol–water partition coefficient (Wildman–Crippen LogP) is 3.74. The van der Waals surface area contributed by atoms with Crippen LogP contribution in [-0.2, 0) is 11.3 Å². The van der Waals surface area contributed by atoms with E-state index in [1.807, 2.05) is 43.3 Å². The van der Waals surface area contributed by atoms with Gasteiger partial charge >= 0.3 is 0 Å². The molecule has 0 spiro atoms. The molecule has 0 N–H and O–H groups in total. The molecule has 2 aromatic carbocycles. The molecule has 1 amide bonds. The lowest BCUT2D eigenvalue weighted by Gasteiger charge is -2.25. The van der Waals surface area contributed by atoms with Crippen molar-refractivity contribution in [2.75, 3.05) is 46.4 Å². The van der Waals surface area contributed by atoms with Crippen molar-refractivity contribution in [3.63, 3.8) is 0 Å². The van der Waals surface area contributed by atoms with Crippen LogP contribution in [0.1, 0.15) is 15.9 Å². The Hall–Kier alpha value is -3.19. The van der Waals surface area contributed by atoms with Crippen LogP contribution in [0.2, 0.25) is 0 Å². The summed E-state index contributed by atoms with van der Waals surface area (Å²) >= 11 is 0. The second-order valence-electron chi connectivity index (χ2n) is 7.15. The fourth-order valence-electron chi connectivity index (χ4n) is 3.25. The van der Waals surface area contributed by atoms with Crippen LogP contribution < -0.4 is 9.64 Å². The van der Waals surface area contributed by atoms with Crippen molar-refractivity contribution < 1.29 is 18.7 Å². The van der Waals surface area contributed by atoms with E-state index in [2.05, 4.69) is 0 Å². The standard InChI is InChI=1S/C23H26FN3O3/c1-26(2)22-18(13-17-7-10-20(30-4)14-21(17)25-22)15-27(11-12-29-3)23(28)16-5-8-19(24)9-6-16/h5-10,13-14H,11-12,15H2,1-4H3. The summed E-state index contributed by atoms with van der Waals surface area (Å²) in [5, 5.41) is 0.956. The molecule has 0 fully saturated rings. The van der Waals surface area contributed by atoms with Crippen molar-refractivity contribution in [1.82, 2.24) is 9.88 Å². The molecule has 3 rings (SSSR count). The molecule has 0 aliphatic rings. The van der Waals surface area contributed by atoms with Crippen molar-refractivity contribution in [1.29, 1.82) is 0 Å². The van der Waals surface area contributed by atoms with Crippen LogP contribution in [0, 0.1) is 5.82 Å². The number of carbonyl (C=O) groups is 1. The SMILES string of the molecule is COCCN(Cc1cc2ccc(OC)cc2nc1N(C)C)C(=O)c1ccc(F)cc1. The number of benzene rings is 2. The van der Waals surface area contributed by atoms with Crippen LogP contribution in [0.25, 0.3) is 10.9 Å². The Labute approximate surface area is 175 Å². The number of methoxy groups -OCH3 is 2. The number of hydrogen-bond donors (Lipinski definition) is 0. The Bertz CT molecular complexity index is 1020. The number of rotatable bonds is 8. The van der Waals surface area contributed by atoms with E-state index < -0.39 is 0 Å². The second-order valence-corrected chi connectivity index (χ2v) is 7.15. The lowest BCUT2D eigenvalue weighted by molar-refractivity contribution is 0.0680. The van der Waals surface area contributed by atoms with E-state index in [1.165, 1.54) is 24.3 Å². The zero-order valence-corrected chi connectivity index (χ0v) is 17.7. The van der Waals surface area contributed by atoms with E-state index in [0.29, 0.717) is 25.3 Å². The Morgan fingerprint density at radius 2 is 1.80 bits per heavy atom. The van der Waals surface area contributed by atoms with Crippen LogP contribution in [0.5, 0.6) is 5.75 Å². The Kier molecular flexibility index (Phi) is 6.84. The number of fused-ring (bicyclic) bond motifs is 1. The summed E-state index contributed by atoms with van der Waals surface area (Å²) in [4.78, 5) is 21.5. The zero-order valence-electron chi connectivity index (χ0n) is 17.7. The maximum Gasteiger partial charge on any atom is 0.254 e. The van der Waals surface area contributed by atoms with E-state index in [4.69, 9.17) is 14.5 Å². The average Bonchev–Trinajstić information content (AvgIpc) is 2.75. The molecule has 0 bridgehead atoms. The summed E-state index contributed by atoms with van der Waals surface area (Å²) in [6, 6.07) is 13.3. The highest BCUT2D eigenvalue weighted by Gasteiger charge is 2.19. The molecule has 0 atom stereocenters. The van der Waals surface area contributed by atoms with Gasteiger partial charge in [-0.3, -0.25) is 4.79 Å². The average molecular weight is 411 g/mol. The molecule has 7 heteroatoms. The van der Waals surface area contributed by atoms with Crippen molar-refractivity contribution in [2.24, 2.45) is 0 Å². The van der Waals surface area contributed by atoms with E-state index in [9.17, 15) is 9.18 Å². The highest BCUT2D eigenvalue weighted by molar-refractivity contribution is 5.94. The molecule has 3 aromatic rings. The summed E-state index contributed by atoms with van der Waals surface area (Å²) in [6.07, 6.45) is 0. The van der Waals surface area contributed by atoms with Gasteiger partial charge in [0.2, 0.25) is 0 Å². The van der Waals surface area contributed by atoms with Gasteiger partial charge in [-0.25, -0.2) is 9.37 Å². The Balaban J connectivity index is 1.98. The summed E-state index contributed by atoms with van der Waals surface area (Å²) < 4.78 is 23.8. The minimum atomic E-state index is -0.376. The topological polar surface area (TPSA) is 54.9 Å². The van der Waals surface area contributed by atoms with Gasteiger partial charge in [0, 0.05) is 56.9 Å². The van der Waals surface area contributed by atoms with Gasteiger partial charge < -0.3 is 19.3 Å². The third-order valence-corrected chi connectivity index (χ3v) is 4.81. The van der Waals surface area contributed by atoms with Gasteiger partial charge in [-0.05, 0) is 42.5 Å². The van der Waals surface area contributed by atoms with Gasteiger partial charge in [0.25, 0.3) is 5.91 Å². The van der Waals surface area contributed by atoms with Crippen LogP contribution in [-0.4, -0.2) is 57.3 Å². The molecular formula is C23H26FN3O3. The number of pyridine rings is 1. The van der Waals surface area contributed by atoms with Crippen LogP contribution in [0.15, 0.2) is 48.5 Å². The molecule has 1 heterocycles. The van der Waals surface area contributed by atoms with Gasteiger partial charge in [-0.1, -0.05) is 0 Å². The highest BCUT2D eigenvalue weighted by Crippen LogP contribution is 2.27. The number of hydrogen-bond acceptors (Lipinski definition) is 5. The van der Waals surface area contributed by atoms with Crippen molar-refractivity contribution in [2.45, 2.75) is 6.54 Å². The summed E-state index contributed by atoms with van der Waals surface area (Å²) in [5.74, 6) is 0.941. The minimum absolute atomic E-state index is 0.188. The summed E-state index contributed by atoms with van der Waals surface area (Å²) in [7, 11) is 7.05. The fourth-order valence-corrected chi connectivity index (χ4v) is 3.25. The minimum Gasteiger partial charge on any atom is -0.497 e. The van der Waals surface area contributed by atoms with E-state index >= 15 is 0 Å². The first kappa shape index (κ1) is 21.5. The third kappa shape index (κ3) is 4.86. The molecule has 0 saturated heterocycles. The first-order chi connectivity index (χ1) is 14.4. The molecule has 0 aliphatic carbocycles. The predicted molar refractivity (Wildman–Crippen MR) is 116 cm³/mol. The number of aromatic nitrogens is 1.